The first-order valence-electron chi connectivity index (χ1n) is 44.5. The Kier molecular flexibility index (Phi) is 68.6. The number of rotatable bonds is 56. The molecule has 45 nitrogen and oxygen atoms in total. The molecule has 0 aliphatic carbocycles. The molecule has 0 radical (unpaired) electrons. The van der Waals surface area contributed by atoms with E-state index in [-0.39, 0.29) is 149 Å². The Morgan fingerprint density at radius 1 is 0.348 bits per heavy atom. The highest BCUT2D eigenvalue weighted by Gasteiger charge is 2.45. The molecule has 0 bridgehead atoms. The molecule has 2 aliphatic rings. The molecule has 5 rings (SSSR count). The molecule has 3 unspecified atom stereocenters. The van der Waals surface area contributed by atoms with Gasteiger partial charge >= 0.3 is 97.0 Å². The summed E-state index contributed by atoms with van der Waals surface area (Å²) in [5, 5.41) is 35.4. The number of hydrogen-bond acceptors (Lipinski definition) is 45. The molecule has 0 aromatic heterocycles. The minimum atomic E-state index is -1.77. The zero-order chi connectivity index (χ0) is 107. The van der Waals surface area contributed by atoms with Crippen molar-refractivity contribution in [3.05, 3.63) is 108 Å². The summed E-state index contributed by atoms with van der Waals surface area (Å²) in [4.78, 5) is 200. The fourth-order valence-electron chi connectivity index (χ4n) is 9.30. The van der Waals surface area contributed by atoms with Gasteiger partial charge < -0.3 is 134 Å². The van der Waals surface area contributed by atoms with E-state index >= 15 is 0 Å². The number of carbonyl (C=O) groups is 17. The number of esters is 8. The smallest absolute Gasteiger partial charge is 0.465 e. The van der Waals surface area contributed by atoms with Crippen LogP contribution in [0.2, 0.25) is 0 Å². The minimum Gasteiger partial charge on any atom is -0.465 e. The van der Waals surface area contributed by atoms with E-state index in [0.29, 0.717) is 50.3 Å². The summed E-state index contributed by atoms with van der Waals surface area (Å²) in [7, 11) is 0. The van der Waals surface area contributed by atoms with E-state index in [1.807, 2.05) is 43.3 Å². The number of carbonyl (C=O) groups excluding carboxylic acids is 17. The third-order valence-corrected chi connectivity index (χ3v) is 19.0. The number of hydrogen-bond donors (Lipinski definition) is 4. The molecule has 2 fully saturated rings. The predicted molar refractivity (Wildman–Crippen MR) is 490 cm³/mol. The number of ether oxygens (including phenoxy) is 24. The summed E-state index contributed by atoms with van der Waals surface area (Å²) in [6, 6.07) is 26.8. The SMILES string of the molecule is CC(=O)OCC(C)(COC(=O)OCCCOC(=O)OCC(C)(COC(=O)OCCCOC(=O)OCC(C)(COC(C)=O)C(=O)OCCCCl)C(=O)OCc1ccccc1)C(=O)OCCCCl.CC(CO)(CO)C(=O)OCc1ccccc1.CC(COC(=O)OCCCO)(COC(=O)OCCCO)C(=O)OCc1ccccc1.CC1(C(=O)OCCCCl)COC(=O)OC1.O=C1OCCCO1.[3H]C(Cl)C(=O)CCC. The minimum absolute atomic E-state index is 0.00154. The number of aliphatic hydroxyl groups excluding tert-OH is 4. The molecule has 2 heterocycles. The maximum absolute atomic E-state index is 13.2. The lowest BCUT2D eigenvalue weighted by Crippen LogP contribution is -2.44. The van der Waals surface area contributed by atoms with Gasteiger partial charge in [-0.25, -0.2) is 38.4 Å². The van der Waals surface area contributed by atoms with E-state index in [1.54, 1.807) is 61.5 Å². The van der Waals surface area contributed by atoms with Gasteiger partial charge in [0.15, 0.2) is 0 Å². The highest BCUT2D eigenvalue weighted by Crippen LogP contribution is 2.28. The number of alkyl halides is 4. The highest BCUT2D eigenvalue weighted by molar-refractivity contribution is 6.27. The molecular formula is C92H130Cl4O45. The molecular weight excluding hydrogens is 1970 g/mol. The van der Waals surface area contributed by atoms with E-state index in [1.165, 1.54) is 34.6 Å². The van der Waals surface area contributed by atoms with Gasteiger partial charge in [0.05, 0.1) is 93.1 Å². The number of cyclic esters (lactones) is 4. The van der Waals surface area contributed by atoms with Crippen molar-refractivity contribution in [3.8, 4) is 0 Å². The van der Waals surface area contributed by atoms with Crippen LogP contribution in [0.5, 0.6) is 0 Å². The normalized spacial score (nSPS) is 13.6. The van der Waals surface area contributed by atoms with Crippen molar-refractivity contribution in [2.75, 3.05) is 189 Å². The van der Waals surface area contributed by atoms with Gasteiger partial charge in [-0.3, -0.25) is 43.2 Å². The number of benzene rings is 3. The molecule has 0 spiro atoms. The van der Waals surface area contributed by atoms with Crippen LogP contribution in [0.3, 0.4) is 0 Å². The van der Waals surface area contributed by atoms with Crippen LogP contribution in [0.15, 0.2) is 91.0 Å². The molecule has 0 amide bonds. The third-order valence-electron chi connectivity index (χ3n) is 17.9. The molecule has 3 aromatic carbocycles. The van der Waals surface area contributed by atoms with Gasteiger partial charge in [-0.15, -0.1) is 46.4 Å². The monoisotopic (exact) mass is 2100 g/mol. The second-order valence-electron chi connectivity index (χ2n) is 31.6. The van der Waals surface area contributed by atoms with E-state index < -0.39 is 201 Å². The van der Waals surface area contributed by atoms with Crippen LogP contribution in [-0.2, 0) is 177 Å². The Morgan fingerprint density at radius 3 is 0.844 bits per heavy atom. The van der Waals surface area contributed by atoms with Crippen molar-refractivity contribution < 1.29 is 217 Å². The molecule has 141 heavy (non-hydrogen) atoms. The third kappa shape index (κ3) is 60.9. The van der Waals surface area contributed by atoms with Crippen LogP contribution in [-0.4, -0.2) is 312 Å². The van der Waals surface area contributed by atoms with E-state index in [0.717, 1.165) is 37.8 Å². The maximum Gasteiger partial charge on any atom is 0.508 e. The van der Waals surface area contributed by atoms with Gasteiger partial charge in [0.1, 0.15) is 124 Å². The first-order chi connectivity index (χ1) is 67.5. The summed E-state index contributed by atoms with van der Waals surface area (Å²) < 4.78 is 125. The summed E-state index contributed by atoms with van der Waals surface area (Å²) in [5.74, 6) is -5.92. The van der Waals surface area contributed by atoms with Crippen molar-refractivity contribution in [2.45, 2.75) is 146 Å². The van der Waals surface area contributed by atoms with Crippen molar-refractivity contribution in [1.29, 1.82) is 0 Å². The fourth-order valence-corrected chi connectivity index (χ4v) is 9.74. The lowest BCUT2D eigenvalue weighted by molar-refractivity contribution is -0.167. The van der Waals surface area contributed by atoms with Gasteiger partial charge in [0.2, 0.25) is 0 Å². The molecule has 4 N–H and O–H groups in total. The van der Waals surface area contributed by atoms with Crippen molar-refractivity contribution >= 4 is 149 Å². The van der Waals surface area contributed by atoms with E-state index in [2.05, 4.69) is 18.9 Å². The Bertz CT molecular complexity index is 4070. The van der Waals surface area contributed by atoms with E-state index in [4.69, 9.17) is 163 Å². The number of aliphatic hydroxyl groups is 4. The maximum atomic E-state index is 13.2. The van der Waals surface area contributed by atoms with E-state index in [9.17, 15) is 81.5 Å². The van der Waals surface area contributed by atoms with Crippen molar-refractivity contribution in [1.82, 2.24) is 0 Å². The standard InChI is InChI=1S/C42H58Cl2O22.C20H28O10.C12H16O4.C9H13ClO5.C5H9ClO.C4H6O3/c1-30(45)61-24-40(3,33(47)54-17-9-15-43)26-63-36(50)56-19-11-21-58-38(52)65-28-42(5,35(49)60-23-32-13-7-6-8-14-32)29-66-39(53)59-22-12-20-57-37(51)64-27-41(4,25-62-31(2)46)34(48)55-18-10-16-44;1-20(14-29-18(24)26-11-5-9-21,15-30-19(25)27-12-6-10-22)17(23)28-13-16-7-3-2-4-8-16;1-12(8-13,9-14)11(15)16-7-10-5-3-2-4-6-10;1-9(5-14-8(12)15-6-9)7(11)13-4-2-3-10;1-2-3-5(7)4-6;5-4-6-2-1-3-7-4/h6-8,13-14H,9-12,15-29H2,1-5H3;2-4,7-8,21-22H,5-6,9-15H2,1H3;2-6,13-14H,7-9H2,1H3;2-6H2,1H3;2-4H2,1H3;1-3H2/i;;;;4T;. The van der Waals surface area contributed by atoms with Crippen LogP contribution in [0.4, 0.5) is 38.4 Å². The molecule has 3 atom stereocenters. The molecule has 3 aromatic rings. The van der Waals surface area contributed by atoms with Crippen LogP contribution in [0.25, 0.3) is 0 Å². The molecule has 2 aliphatic heterocycles. The molecule has 796 valence electrons. The summed E-state index contributed by atoms with van der Waals surface area (Å²) in [6.07, 6.45) is -4.36. The zero-order valence-electron chi connectivity index (χ0n) is 81.3. The average Bonchev–Trinajstić information content (AvgIpc) is 0.845. The van der Waals surface area contributed by atoms with Gasteiger partial charge in [-0.2, -0.15) is 0 Å². The van der Waals surface area contributed by atoms with Crippen molar-refractivity contribution in [2.24, 2.45) is 32.5 Å². The van der Waals surface area contributed by atoms with Gasteiger partial charge in [-0.05, 0) is 83.9 Å². The average molecular weight is 2100 g/mol. The van der Waals surface area contributed by atoms with Crippen LogP contribution in [0, 0.1) is 32.5 Å². The van der Waals surface area contributed by atoms with Crippen molar-refractivity contribution in [3.63, 3.8) is 0 Å². The topological polar surface area (TPSA) is 593 Å². The Morgan fingerprint density at radius 2 is 0.603 bits per heavy atom. The van der Waals surface area contributed by atoms with Crippen LogP contribution >= 0.6 is 46.4 Å². The lowest BCUT2D eigenvalue weighted by Gasteiger charge is -2.29. The molecule has 2 saturated heterocycles. The summed E-state index contributed by atoms with van der Waals surface area (Å²) in [5.41, 5.74) is -6.24. The first-order valence-corrected chi connectivity index (χ1v) is 46.0. The molecule has 0 saturated carbocycles. The molecule has 49 heteroatoms. The number of halogens is 4. The Labute approximate surface area is 837 Å². The van der Waals surface area contributed by atoms with Gasteiger partial charge in [-0.1, -0.05) is 97.9 Å². The summed E-state index contributed by atoms with van der Waals surface area (Å²) in [6.45, 7) is 7.17. The van der Waals surface area contributed by atoms with Crippen LogP contribution in [0.1, 0.15) is 145 Å². The number of Topliss-reactive ketones (excluding diaryl/α,β-unsaturated/α-hetero) is 1. The van der Waals surface area contributed by atoms with Gasteiger partial charge in [0, 0.05) is 83.2 Å². The zero-order valence-corrected chi connectivity index (χ0v) is 83.3. The first kappa shape index (κ1) is 127. The quantitative estimate of drug-likeness (QED) is 0.0176. The van der Waals surface area contributed by atoms with Gasteiger partial charge in [0.25, 0.3) is 0 Å². The Balaban J connectivity index is 0.00000209. The largest absolute Gasteiger partial charge is 0.508 e. The second-order valence-corrected chi connectivity index (χ2v) is 33.0. The lowest BCUT2D eigenvalue weighted by atomic mass is 9.93. The number of ketones is 1. The summed E-state index contributed by atoms with van der Waals surface area (Å²) >= 11 is 21.8. The van der Waals surface area contributed by atoms with Crippen LogP contribution < -0.4 is 0 Å². The predicted octanol–water partition coefficient (Wildman–Crippen LogP) is 11.6. The Hall–Kier alpha value is -11.8. The second kappa shape index (κ2) is 76.0. The highest BCUT2D eigenvalue weighted by atomic mass is 35.5. The fraction of sp³-hybridized carbons (Fsp3) is 0.620.